The van der Waals surface area contributed by atoms with Crippen LogP contribution in [0.25, 0.3) is 0 Å². The number of hydrogen-bond acceptors (Lipinski definition) is 2. The van der Waals surface area contributed by atoms with Crippen molar-refractivity contribution >= 4 is 17.7 Å². The van der Waals surface area contributed by atoms with E-state index in [0.717, 1.165) is 12.5 Å². The standard InChI is InChI=1S/C8H15NOS/c1-6(2)8(10)9-3-7-4-11-5-7/h6-7H,3-5H2,1-2H3,(H,9,10). The van der Waals surface area contributed by atoms with Crippen LogP contribution in [0, 0.1) is 11.8 Å². The second-order valence-electron chi connectivity index (χ2n) is 3.30. The van der Waals surface area contributed by atoms with Gasteiger partial charge in [-0.05, 0) is 17.4 Å². The van der Waals surface area contributed by atoms with Crippen molar-refractivity contribution in [2.45, 2.75) is 13.8 Å². The number of nitrogens with one attached hydrogen (secondary N) is 1. The molecule has 0 aromatic carbocycles. The van der Waals surface area contributed by atoms with E-state index in [4.69, 9.17) is 0 Å². The molecule has 1 amide bonds. The van der Waals surface area contributed by atoms with Crippen molar-refractivity contribution in [2.24, 2.45) is 11.8 Å². The van der Waals surface area contributed by atoms with Gasteiger partial charge in [0, 0.05) is 12.5 Å². The fraction of sp³-hybridized carbons (Fsp3) is 0.875. The van der Waals surface area contributed by atoms with Crippen LogP contribution in [-0.4, -0.2) is 24.0 Å². The molecular weight excluding hydrogens is 158 g/mol. The van der Waals surface area contributed by atoms with Crippen molar-refractivity contribution in [2.75, 3.05) is 18.1 Å². The number of carbonyl (C=O) groups excluding carboxylic acids is 1. The SMILES string of the molecule is CC(C)C(=O)NCC1CSC1. The van der Waals surface area contributed by atoms with Gasteiger partial charge in [0.05, 0.1) is 0 Å². The summed E-state index contributed by atoms with van der Waals surface area (Å²) in [6.07, 6.45) is 0. The van der Waals surface area contributed by atoms with E-state index in [1.807, 2.05) is 25.6 Å². The molecule has 1 heterocycles. The summed E-state index contributed by atoms with van der Waals surface area (Å²) in [5, 5.41) is 2.93. The third kappa shape index (κ3) is 2.73. The maximum Gasteiger partial charge on any atom is 0.222 e. The number of rotatable bonds is 3. The van der Waals surface area contributed by atoms with Crippen LogP contribution in [-0.2, 0) is 4.79 Å². The Bertz CT molecular complexity index is 143. The third-order valence-electron chi connectivity index (χ3n) is 1.80. The zero-order valence-electron chi connectivity index (χ0n) is 7.09. The van der Waals surface area contributed by atoms with Gasteiger partial charge in [0.1, 0.15) is 0 Å². The van der Waals surface area contributed by atoms with Crippen LogP contribution in [0.5, 0.6) is 0 Å². The Morgan fingerprint density at radius 1 is 1.64 bits per heavy atom. The Kier molecular flexibility index (Phi) is 3.24. The lowest BCUT2D eigenvalue weighted by atomic mass is 10.1. The van der Waals surface area contributed by atoms with Crippen LogP contribution in [0.1, 0.15) is 13.8 Å². The smallest absolute Gasteiger partial charge is 0.222 e. The van der Waals surface area contributed by atoms with Gasteiger partial charge in [-0.25, -0.2) is 0 Å². The number of carbonyl (C=O) groups is 1. The molecule has 1 saturated heterocycles. The van der Waals surface area contributed by atoms with E-state index in [1.54, 1.807) is 0 Å². The average Bonchev–Trinajstić information content (AvgIpc) is 1.83. The third-order valence-corrected chi connectivity index (χ3v) is 3.21. The Morgan fingerprint density at radius 3 is 2.64 bits per heavy atom. The summed E-state index contributed by atoms with van der Waals surface area (Å²) in [6.45, 7) is 4.72. The molecule has 0 aromatic heterocycles. The van der Waals surface area contributed by atoms with Crippen molar-refractivity contribution in [1.29, 1.82) is 0 Å². The molecular formula is C8H15NOS. The minimum atomic E-state index is 0.128. The largest absolute Gasteiger partial charge is 0.356 e. The number of amides is 1. The monoisotopic (exact) mass is 173 g/mol. The molecule has 1 aliphatic heterocycles. The van der Waals surface area contributed by atoms with Gasteiger partial charge in [0.2, 0.25) is 5.91 Å². The summed E-state index contributed by atoms with van der Waals surface area (Å²) >= 11 is 1.95. The summed E-state index contributed by atoms with van der Waals surface area (Å²) in [5.41, 5.74) is 0. The molecule has 64 valence electrons. The second-order valence-corrected chi connectivity index (χ2v) is 4.38. The van der Waals surface area contributed by atoms with Gasteiger partial charge in [-0.1, -0.05) is 13.8 Å². The lowest BCUT2D eigenvalue weighted by Gasteiger charge is -2.25. The summed E-state index contributed by atoms with van der Waals surface area (Å²) in [7, 11) is 0. The Hall–Kier alpha value is -0.180. The molecule has 0 saturated carbocycles. The molecule has 11 heavy (non-hydrogen) atoms. The van der Waals surface area contributed by atoms with E-state index < -0.39 is 0 Å². The molecule has 0 aromatic rings. The van der Waals surface area contributed by atoms with E-state index in [2.05, 4.69) is 5.32 Å². The zero-order valence-corrected chi connectivity index (χ0v) is 7.91. The van der Waals surface area contributed by atoms with Gasteiger partial charge in [-0.2, -0.15) is 11.8 Å². The van der Waals surface area contributed by atoms with E-state index in [0.29, 0.717) is 0 Å². The van der Waals surface area contributed by atoms with Gasteiger partial charge >= 0.3 is 0 Å². The maximum absolute atomic E-state index is 11.1. The van der Waals surface area contributed by atoms with Crippen LogP contribution >= 0.6 is 11.8 Å². The van der Waals surface area contributed by atoms with E-state index in [9.17, 15) is 4.79 Å². The van der Waals surface area contributed by atoms with Crippen molar-refractivity contribution in [3.8, 4) is 0 Å². The molecule has 0 spiro atoms. The summed E-state index contributed by atoms with van der Waals surface area (Å²) in [6, 6.07) is 0. The zero-order chi connectivity index (χ0) is 8.27. The highest BCUT2D eigenvalue weighted by atomic mass is 32.2. The van der Waals surface area contributed by atoms with Gasteiger partial charge in [-0.3, -0.25) is 4.79 Å². The van der Waals surface area contributed by atoms with E-state index >= 15 is 0 Å². The lowest BCUT2D eigenvalue weighted by molar-refractivity contribution is -0.124. The van der Waals surface area contributed by atoms with Crippen LogP contribution in [0.4, 0.5) is 0 Å². The van der Waals surface area contributed by atoms with Gasteiger partial charge in [0.25, 0.3) is 0 Å². The second kappa shape index (κ2) is 4.00. The predicted octanol–water partition coefficient (Wildman–Crippen LogP) is 1.12. The fourth-order valence-corrected chi connectivity index (χ4v) is 1.66. The average molecular weight is 173 g/mol. The molecule has 1 fully saturated rings. The van der Waals surface area contributed by atoms with Crippen molar-refractivity contribution in [3.05, 3.63) is 0 Å². The Morgan fingerprint density at radius 2 is 2.27 bits per heavy atom. The normalized spacial score (nSPS) is 18.1. The molecule has 3 heteroatoms. The molecule has 0 bridgehead atoms. The first-order valence-electron chi connectivity index (χ1n) is 4.05. The minimum Gasteiger partial charge on any atom is -0.356 e. The molecule has 0 atom stereocenters. The molecule has 1 rings (SSSR count). The summed E-state index contributed by atoms with van der Waals surface area (Å²) in [4.78, 5) is 11.1. The van der Waals surface area contributed by atoms with Gasteiger partial charge in [-0.15, -0.1) is 0 Å². The highest BCUT2D eigenvalue weighted by molar-refractivity contribution is 8.00. The highest BCUT2D eigenvalue weighted by Gasteiger charge is 2.18. The Balaban J connectivity index is 2.06. The number of thioether (sulfide) groups is 1. The molecule has 2 nitrogen and oxygen atoms in total. The van der Waals surface area contributed by atoms with Crippen LogP contribution in [0.15, 0.2) is 0 Å². The number of hydrogen-bond donors (Lipinski definition) is 1. The van der Waals surface area contributed by atoms with Gasteiger partial charge < -0.3 is 5.32 Å². The van der Waals surface area contributed by atoms with E-state index in [1.165, 1.54) is 11.5 Å². The molecule has 0 aliphatic carbocycles. The van der Waals surface area contributed by atoms with Crippen molar-refractivity contribution in [1.82, 2.24) is 5.32 Å². The maximum atomic E-state index is 11.1. The fourth-order valence-electron chi connectivity index (χ4n) is 0.851. The first kappa shape index (κ1) is 8.91. The van der Waals surface area contributed by atoms with Crippen LogP contribution < -0.4 is 5.32 Å². The molecule has 1 N–H and O–H groups in total. The quantitative estimate of drug-likeness (QED) is 0.693. The Labute approximate surface area is 72.1 Å². The molecule has 1 aliphatic rings. The van der Waals surface area contributed by atoms with E-state index in [-0.39, 0.29) is 11.8 Å². The summed E-state index contributed by atoms with van der Waals surface area (Å²) < 4.78 is 0. The van der Waals surface area contributed by atoms with Crippen molar-refractivity contribution < 1.29 is 4.79 Å². The first-order chi connectivity index (χ1) is 5.20. The lowest BCUT2D eigenvalue weighted by Crippen LogP contribution is -2.36. The van der Waals surface area contributed by atoms with Crippen molar-refractivity contribution in [3.63, 3.8) is 0 Å². The van der Waals surface area contributed by atoms with Gasteiger partial charge in [0.15, 0.2) is 0 Å². The van der Waals surface area contributed by atoms with Crippen LogP contribution in [0.2, 0.25) is 0 Å². The molecule has 0 radical (unpaired) electrons. The highest BCUT2D eigenvalue weighted by Crippen LogP contribution is 2.23. The topological polar surface area (TPSA) is 29.1 Å². The molecule has 0 unspecified atom stereocenters. The van der Waals surface area contributed by atoms with Crippen LogP contribution in [0.3, 0.4) is 0 Å². The predicted molar refractivity (Wildman–Crippen MR) is 48.7 cm³/mol. The minimum absolute atomic E-state index is 0.128. The first-order valence-corrected chi connectivity index (χ1v) is 5.21. The summed E-state index contributed by atoms with van der Waals surface area (Å²) in [5.74, 6) is 3.49.